The zero-order valence-electron chi connectivity index (χ0n) is 10.9. The number of rotatable bonds is 6. The number of nitrogens with one attached hydrogen (secondary N) is 2. The number of carbonyl (C=O) groups excluding carboxylic acids is 2. The third kappa shape index (κ3) is 5.27. The van der Waals surface area contributed by atoms with Crippen LogP contribution in [0.3, 0.4) is 0 Å². The fraction of sp³-hybridized carbons (Fsp3) is 0.250. The lowest BCUT2D eigenvalue weighted by molar-refractivity contribution is -0.385. The molecule has 0 aliphatic carbocycles. The molecule has 0 atom stereocenters. The molecule has 112 valence electrons. The van der Waals surface area contributed by atoms with Crippen LogP contribution in [0.15, 0.2) is 24.3 Å². The van der Waals surface area contributed by atoms with Crippen molar-refractivity contribution in [3.63, 3.8) is 0 Å². The molecule has 0 bridgehead atoms. The van der Waals surface area contributed by atoms with E-state index < -0.39 is 22.7 Å². The van der Waals surface area contributed by atoms with E-state index in [1.54, 1.807) is 0 Å². The highest BCUT2D eigenvalue weighted by Crippen LogP contribution is 2.16. The third-order valence-corrected chi connectivity index (χ3v) is 2.46. The average Bonchev–Trinajstić information content (AvgIpc) is 2.44. The molecule has 0 fully saturated rings. The summed E-state index contributed by atoms with van der Waals surface area (Å²) < 4.78 is 0. The highest BCUT2D eigenvalue weighted by Gasteiger charge is 2.19. The molecule has 1 aromatic carbocycles. The van der Waals surface area contributed by atoms with Crippen molar-refractivity contribution < 1.29 is 24.4 Å². The van der Waals surface area contributed by atoms with Crippen molar-refractivity contribution in [2.24, 2.45) is 0 Å². The Labute approximate surface area is 119 Å². The van der Waals surface area contributed by atoms with E-state index in [-0.39, 0.29) is 30.5 Å². The maximum Gasteiger partial charge on any atom is 0.303 e. The standard InChI is InChI=1S/C12H13N3O6/c16-10(6-3-7-11(17)18)13-14-12(19)8-4-1-2-5-9(8)15(20)21/h1-2,4-5H,3,6-7H2,(H,13,16)(H,14,19)(H,17,18). The summed E-state index contributed by atoms with van der Waals surface area (Å²) >= 11 is 0. The number of nitro groups is 1. The molecule has 9 heteroatoms. The molecule has 1 rings (SSSR count). The molecule has 0 aliphatic rings. The number of carboxylic acid groups (broad SMARTS) is 1. The van der Waals surface area contributed by atoms with E-state index >= 15 is 0 Å². The van der Waals surface area contributed by atoms with E-state index in [0.29, 0.717) is 0 Å². The summed E-state index contributed by atoms with van der Waals surface area (Å²) in [6.45, 7) is 0. The van der Waals surface area contributed by atoms with Gasteiger partial charge in [0.05, 0.1) is 4.92 Å². The predicted molar refractivity (Wildman–Crippen MR) is 70.2 cm³/mol. The van der Waals surface area contributed by atoms with Gasteiger partial charge in [-0.1, -0.05) is 12.1 Å². The van der Waals surface area contributed by atoms with Crippen molar-refractivity contribution in [1.82, 2.24) is 10.9 Å². The molecule has 0 spiro atoms. The van der Waals surface area contributed by atoms with Crippen LogP contribution in [0.4, 0.5) is 5.69 Å². The maximum absolute atomic E-state index is 11.7. The highest BCUT2D eigenvalue weighted by atomic mass is 16.6. The van der Waals surface area contributed by atoms with Gasteiger partial charge in [0.25, 0.3) is 11.6 Å². The largest absolute Gasteiger partial charge is 0.481 e. The van der Waals surface area contributed by atoms with E-state index in [1.165, 1.54) is 24.3 Å². The Morgan fingerprint density at radius 3 is 2.43 bits per heavy atom. The minimum absolute atomic E-state index is 0.0799. The average molecular weight is 295 g/mol. The number of amides is 2. The zero-order chi connectivity index (χ0) is 15.8. The first kappa shape index (κ1) is 16.1. The molecule has 0 saturated carbocycles. The molecular formula is C12H13N3O6. The molecule has 0 unspecified atom stereocenters. The first-order chi connectivity index (χ1) is 9.91. The number of benzene rings is 1. The predicted octanol–water partition coefficient (Wildman–Crippen LogP) is 0.611. The second-order valence-electron chi connectivity index (χ2n) is 4.02. The van der Waals surface area contributed by atoms with E-state index in [2.05, 4.69) is 5.43 Å². The fourth-order valence-electron chi connectivity index (χ4n) is 1.48. The van der Waals surface area contributed by atoms with Gasteiger partial charge in [-0.15, -0.1) is 0 Å². The van der Waals surface area contributed by atoms with Gasteiger partial charge < -0.3 is 5.11 Å². The van der Waals surface area contributed by atoms with E-state index in [9.17, 15) is 24.5 Å². The van der Waals surface area contributed by atoms with Gasteiger partial charge in [-0.25, -0.2) is 0 Å². The number of para-hydroxylation sites is 1. The number of nitrogens with zero attached hydrogens (tertiary/aromatic N) is 1. The zero-order valence-corrected chi connectivity index (χ0v) is 10.9. The first-order valence-corrected chi connectivity index (χ1v) is 5.96. The number of aliphatic carboxylic acids is 1. The lowest BCUT2D eigenvalue weighted by atomic mass is 10.2. The van der Waals surface area contributed by atoms with Crippen LogP contribution in [0.25, 0.3) is 0 Å². The van der Waals surface area contributed by atoms with Gasteiger partial charge in [0.15, 0.2) is 0 Å². The van der Waals surface area contributed by atoms with Crippen LogP contribution in [-0.2, 0) is 9.59 Å². The molecule has 9 nitrogen and oxygen atoms in total. The third-order valence-electron chi connectivity index (χ3n) is 2.46. The van der Waals surface area contributed by atoms with Gasteiger partial charge in [0, 0.05) is 18.9 Å². The van der Waals surface area contributed by atoms with Crippen LogP contribution < -0.4 is 10.9 Å². The molecule has 3 N–H and O–H groups in total. The second kappa shape index (κ2) is 7.58. The van der Waals surface area contributed by atoms with Gasteiger partial charge >= 0.3 is 5.97 Å². The Morgan fingerprint density at radius 1 is 1.14 bits per heavy atom. The molecule has 2 amide bonds. The summed E-state index contributed by atoms with van der Waals surface area (Å²) in [5.41, 5.74) is 3.54. The van der Waals surface area contributed by atoms with Gasteiger partial charge in [0.2, 0.25) is 5.91 Å². The Morgan fingerprint density at radius 2 is 1.81 bits per heavy atom. The number of hydrogen-bond acceptors (Lipinski definition) is 5. The number of nitro benzene ring substituents is 1. The van der Waals surface area contributed by atoms with Gasteiger partial charge in [-0.2, -0.15) is 0 Å². The van der Waals surface area contributed by atoms with Crippen LogP contribution in [0.2, 0.25) is 0 Å². The van der Waals surface area contributed by atoms with Gasteiger partial charge in [-0.3, -0.25) is 35.3 Å². The van der Waals surface area contributed by atoms with Gasteiger partial charge in [-0.05, 0) is 12.5 Å². The lowest BCUT2D eigenvalue weighted by Gasteiger charge is -2.07. The van der Waals surface area contributed by atoms with E-state index in [0.717, 1.165) is 0 Å². The normalized spacial score (nSPS) is 9.71. The van der Waals surface area contributed by atoms with Crippen molar-refractivity contribution in [3.8, 4) is 0 Å². The topological polar surface area (TPSA) is 139 Å². The van der Waals surface area contributed by atoms with Crippen LogP contribution in [0.5, 0.6) is 0 Å². The van der Waals surface area contributed by atoms with Crippen LogP contribution in [-0.4, -0.2) is 27.8 Å². The number of hydrogen-bond donors (Lipinski definition) is 3. The fourth-order valence-corrected chi connectivity index (χ4v) is 1.48. The summed E-state index contributed by atoms with van der Waals surface area (Å²) in [7, 11) is 0. The molecule has 0 heterocycles. The molecular weight excluding hydrogens is 282 g/mol. The van der Waals surface area contributed by atoms with Crippen molar-refractivity contribution in [2.75, 3.05) is 0 Å². The summed E-state index contributed by atoms with van der Waals surface area (Å²) in [6, 6.07) is 5.30. The summed E-state index contributed by atoms with van der Waals surface area (Å²) in [4.78, 5) is 43.4. The Bertz CT molecular complexity index is 572. The summed E-state index contributed by atoms with van der Waals surface area (Å²) in [5, 5.41) is 19.2. The number of carbonyl (C=O) groups is 3. The minimum Gasteiger partial charge on any atom is -0.481 e. The summed E-state index contributed by atoms with van der Waals surface area (Å²) in [5.74, 6) is -2.43. The number of carboxylic acids is 1. The van der Waals surface area contributed by atoms with Crippen molar-refractivity contribution in [3.05, 3.63) is 39.9 Å². The second-order valence-corrected chi connectivity index (χ2v) is 4.02. The Hall–Kier alpha value is -2.97. The summed E-state index contributed by atoms with van der Waals surface area (Å²) in [6.07, 6.45) is -0.114. The van der Waals surface area contributed by atoms with Crippen LogP contribution in [0.1, 0.15) is 29.6 Å². The first-order valence-electron chi connectivity index (χ1n) is 5.96. The van der Waals surface area contributed by atoms with Crippen molar-refractivity contribution in [1.29, 1.82) is 0 Å². The SMILES string of the molecule is O=C(O)CCCC(=O)NNC(=O)c1ccccc1[N+](=O)[O-]. The molecule has 0 radical (unpaired) electrons. The molecule has 0 aliphatic heterocycles. The minimum atomic E-state index is -1.02. The maximum atomic E-state index is 11.7. The Kier molecular flexibility index (Phi) is 5.80. The van der Waals surface area contributed by atoms with Crippen LogP contribution in [0, 0.1) is 10.1 Å². The van der Waals surface area contributed by atoms with E-state index in [1.807, 2.05) is 5.43 Å². The molecule has 21 heavy (non-hydrogen) atoms. The van der Waals surface area contributed by atoms with Gasteiger partial charge in [0.1, 0.15) is 5.56 Å². The monoisotopic (exact) mass is 295 g/mol. The molecule has 0 saturated heterocycles. The lowest BCUT2D eigenvalue weighted by Crippen LogP contribution is -2.41. The van der Waals surface area contributed by atoms with Crippen molar-refractivity contribution >= 4 is 23.5 Å². The smallest absolute Gasteiger partial charge is 0.303 e. The van der Waals surface area contributed by atoms with E-state index in [4.69, 9.17) is 5.11 Å². The molecule has 0 aromatic heterocycles. The Balaban J connectivity index is 2.53. The highest BCUT2D eigenvalue weighted by molar-refractivity contribution is 5.98. The quantitative estimate of drug-likeness (QED) is 0.519. The number of hydrazine groups is 1. The molecule has 1 aromatic rings. The van der Waals surface area contributed by atoms with Crippen molar-refractivity contribution in [2.45, 2.75) is 19.3 Å². The van der Waals surface area contributed by atoms with Crippen LogP contribution >= 0.6 is 0 Å².